The fourth-order valence-electron chi connectivity index (χ4n) is 0.581. The Morgan fingerprint density at radius 1 is 1.58 bits per heavy atom. The summed E-state index contributed by atoms with van der Waals surface area (Å²) in [7, 11) is 0. The summed E-state index contributed by atoms with van der Waals surface area (Å²) in [5.41, 5.74) is 6.11. The molecule has 4 N–H and O–H groups in total. The van der Waals surface area contributed by atoms with Gasteiger partial charge in [-0.05, 0) is 20.3 Å². The van der Waals surface area contributed by atoms with E-state index in [1.54, 1.807) is 13.1 Å². The first-order chi connectivity index (χ1) is 5.66. The van der Waals surface area contributed by atoms with Crippen LogP contribution in [-0.2, 0) is 0 Å². The Hall–Kier alpha value is -1.03. The lowest BCUT2D eigenvalue weighted by atomic mass is 10.4. The topological polar surface area (TPSA) is 70.6 Å². The lowest BCUT2D eigenvalue weighted by molar-refractivity contribution is 0.291. The maximum Gasteiger partial charge on any atom is 0.0971 e. The second kappa shape index (κ2) is 6.67. The van der Waals surface area contributed by atoms with Crippen molar-refractivity contribution >= 4 is 5.84 Å². The first-order valence-corrected chi connectivity index (χ1v) is 3.97. The van der Waals surface area contributed by atoms with Crippen molar-refractivity contribution < 1.29 is 5.11 Å². The molecule has 0 aromatic rings. The Balaban J connectivity index is 3.63. The highest BCUT2D eigenvalue weighted by Gasteiger charge is 1.85. The number of allylic oxidation sites excluding steroid dienone is 1. The monoisotopic (exact) mass is 171 g/mol. The summed E-state index contributed by atoms with van der Waals surface area (Å²) < 4.78 is 0. The van der Waals surface area contributed by atoms with Crippen LogP contribution < -0.4 is 11.1 Å². The lowest BCUT2D eigenvalue weighted by Gasteiger charge is -1.99. The van der Waals surface area contributed by atoms with Gasteiger partial charge in [0.2, 0.25) is 0 Å². The van der Waals surface area contributed by atoms with Gasteiger partial charge in [0, 0.05) is 25.0 Å². The predicted octanol–water partition coefficient (Wildman–Crippen LogP) is 0.197. The maximum atomic E-state index is 8.48. The molecule has 0 bridgehead atoms. The van der Waals surface area contributed by atoms with E-state index in [1.807, 2.05) is 6.92 Å². The van der Waals surface area contributed by atoms with Gasteiger partial charge in [-0.25, -0.2) is 0 Å². The molecule has 0 atom stereocenters. The highest BCUT2D eigenvalue weighted by Crippen LogP contribution is 1.81. The molecule has 70 valence electrons. The van der Waals surface area contributed by atoms with Crippen molar-refractivity contribution in [3.8, 4) is 0 Å². The van der Waals surface area contributed by atoms with Gasteiger partial charge >= 0.3 is 0 Å². The molecule has 0 spiro atoms. The molecule has 0 aromatic carbocycles. The Morgan fingerprint density at radius 3 is 2.75 bits per heavy atom. The average molecular weight is 171 g/mol. The zero-order valence-corrected chi connectivity index (χ0v) is 7.67. The number of amidine groups is 1. The van der Waals surface area contributed by atoms with Crippen LogP contribution in [0.5, 0.6) is 0 Å². The van der Waals surface area contributed by atoms with Crippen molar-refractivity contribution in [1.82, 2.24) is 5.32 Å². The molecule has 0 aromatic heterocycles. The van der Waals surface area contributed by atoms with E-state index < -0.39 is 0 Å². The summed E-state index contributed by atoms with van der Waals surface area (Å²) in [5.74, 6) is 0.813. The number of nitrogens with zero attached hydrogens (tertiary/aromatic N) is 1. The molecule has 0 rings (SSSR count). The quantitative estimate of drug-likeness (QED) is 0.321. The Kier molecular flexibility index (Phi) is 6.09. The van der Waals surface area contributed by atoms with E-state index in [0.717, 1.165) is 5.84 Å². The first kappa shape index (κ1) is 11.0. The van der Waals surface area contributed by atoms with Gasteiger partial charge in [0.05, 0.1) is 5.84 Å². The second-order valence-electron chi connectivity index (χ2n) is 2.58. The van der Waals surface area contributed by atoms with Crippen LogP contribution >= 0.6 is 0 Å². The van der Waals surface area contributed by atoms with Crippen LogP contribution in [0, 0.1) is 0 Å². The molecule has 0 saturated carbocycles. The van der Waals surface area contributed by atoms with Crippen LogP contribution in [0.4, 0.5) is 0 Å². The van der Waals surface area contributed by atoms with Gasteiger partial charge in [-0.15, -0.1) is 0 Å². The Labute approximate surface area is 73.2 Å². The van der Waals surface area contributed by atoms with E-state index in [9.17, 15) is 0 Å². The van der Waals surface area contributed by atoms with Crippen LogP contribution in [-0.4, -0.2) is 24.1 Å². The standard InChI is InChI=1S/C8H17N3O/c1-7(9)6-11-8(2)10-4-3-5-12/h6,12H,3-5,9H2,1-2H3,(H,10,11)/b7-6+. The minimum atomic E-state index is 0.183. The van der Waals surface area contributed by atoms with Gasteiger partial charge < -0.3 is 16.2 Å². The summed E-state index contributed by atoms with van der Waals surface area (Å²) in [5, 5.41) is 11.4. The van der Waals surface area contributed by atoms with Crippen molar-refractivity contribution in [3.63, 3.8) is 0 Å². The van der Waals surface area contributed by atoms with Gasteiger partial charge in [0.25, 0.3) is 0 Å². The molecule has 0 amide bonds. The summed E-state index contributed by atoms with van der Waals surface area (Å²) in [4.78, 5) is 4.13. The molecule has 0 saturated heterocycles. The molecule has 4 heteroatoms. The van der Waals surface area contributed by atoms with Crippen LogP contribution in [0.3, 0.4) is 0 Å². The Bertz CT molecular complexity index is 171. The normalized spacial score (nSPS) is 13.2. The summed E-state index contributed by atoms with van der Waals surface area (Å²) in [6.07, 6.45) is 2.39. The van der Waals surface area contributed by atoms with E-state index in [4.69, 9.17) is 10.8 Å². The van der Waals surface area contributed by atoms with Crippen molar-refractivity contribution in [2.24, 2.45) is 10.7 Å². The lowest BCUT2D eigenvalue weighted by Crippen LogP contribution is -2.15. The van der Waals surface area contributed by atoms with Gasteiger partial charge in [0.15, 0.2) is 0 Å². The molecule has 0 aliphatic carbocycles. The molecule has 12 heavy (non-hydrogen) atoms. The maximum absolute atomic E-state index is 8.48. The van der Waals surface area contributed by atoms with E-state index in [2.05, 4.69) is 10.3 Å². The van der Waals surface area contributed by atoms with Gasteiger partial charge in [0.1, 0.15) is 0 Å². The average Bonchev–Trinajstić information content (AvgIpc) is 2.01. The molecular weight excluding hydrogens is 154 g/mol. The number of aliphatic hydroxyl groups is 1. The van der Waals surface area contributed by atoms with Gasteiger partial charge in [-0.3, -0.25) is 4.99 Å². The SMILES string of the molecule is CC(=NCCCO)N/C=C(\C)N. The number of nitrogens with one attached hydrogen (secondary N) is 1. The van der Waals surface area contributed by atoms with Crippen LogP contribution in [0.1, 0.15) is 20.3 Å². The van der Waals surface area contributed by atoms with E-state index in [-0.39, 0.29) is 6.61 Å². The smallest absolute Gasteiger partial charge is 0.0971 e. The predicted molar refractivity (Wildman–Crippen MR) is 50.8 cm³/mol. The molecule has 0 heterocycles. The first-order valence-electron chi connectivity index (χ1n) is 3.97. The number of hydrogen-bond donors (Lipinski definition) is 3. The number of aliphatic hydroxyl groups excluding tert-OH is 1. The third kappa shape index (κ3) is 7.08. The number of aliphatic imine (C=N–C) groups is 1. The number of hydrogen-bond acceptors (Lipinski definition) is 3. The molecule has 0 unspecified atom stereocenters. The fraction of sp³-hybridized carbons (Fsp3) is 0.625. The van der Waals surface area contributed by atoms with E-state index >= 15 is 0 Å². The number of rotatable bonds is 4. The number of nitrogens with two attached hydrogens (primary N) is 1. The third-order valence-corrected chi connectivity index (χ3v) is 1.17. The van der Waals surface area contributed by atoms with Crippen molar-refractivity contribution in [3.05, 3.63) is 11.9 Å². The zero-order valence-electron chi connectivity index (χ0n) is 7.67. The van der Waals surface area contributed by atoms with Gasteiger partial charge in [-0.2, -0.15) is 0 Å². The molecule has 0 radical (unpaired) electrons. The van der Waals surface area contributed by atoms with Crippen molar-refractivity contribution in [2.45, 2.75) is 20.3 Å². The highest BCUT2D eigenvalue weighted by molar-refractivity contribution is 5.80. The molecule has 0 fully saturated rings. The molecule has 0 aliphatic heterocycles. The molecule has 0 aliphatic rings. The van der Waals surface area contributed by atoms with Crippen molar-refractivity contribution in [1.29, 1.82) is 0 Å². The largest absolute Gasteiger partial charge is 0.401 e. The van der Waals surface area contributed by atoms with Crippen LogP contribution in [0.15, 0.2) is 16.9 Å². The molecular formula is C8H17N3O. The van der Waals surface area contributed by atoms with E-state index in [0.29, 0.717) is 18.7 Å². The summed E-state index contributed by atoms with van der Waals surface area (Å²) in [6.45, 7) is 4.49. The Morgan fingerprint density at radius 2 is 2.25 bits per heavy atom. The van der Waals surface area contributed by atoms with E-state index in [1.165, 1.54) is 0 Å². The minimum absolute atomic E-state index is 0.183. The second-order valence-corrected chi connectivity index (χ2v) is 2.58. The fourth-order valence-corrected chi connectivity index (χ4v) is 0.581. The van der Waals surface area contributed by atoms with Crippen molar-refractivity contribution in [2.75, 3.05) is 13.2 Å². The van der Waals surface area contributed by atoms with Crippen LogP contribution in [0.25, 0.3) is 0 Å². The van der Waals surface area contributed by atoms with Gasteiger partial charge in [-0.1, -0.05) is 0 Å². The highest BCUT2D eigenvalue weighted by atomic mass is 16.3. The summed E-state index contributed by atoms with van der Waals surface area (Å²) >= 11 is 0. The minimum Gasteiger partial charge on any atom is -0.401 e. The van der Waals surface area contributed by atoms with Crippen LogP contribution in [0.2, 0.25) is 0 Å². The third-order valence-electron chi connectivity index (χ3n) is 1.17. The summed E-state index contributed by atoms with van der Waals surface area (Å²) in [6, 6.07) is 0. The molecule has 4 nitrogen and oxygen atoms in total. The zero-order chi connectivity index (χ0) is 9.40.